The van der Waals surface area contributed by atoms with Gasteiger partial charge in [0.2, 0.25) is 0 Å². The zero-order valence-corrected chi connectivity index (χ0v) is 10.8. The fourth-order valence-electron chi connectivity index (χ4n) is 1.26. The minimum Gasteiger partial charge on any atom is -0.372 e. The van der Waals surface area contributed by atoms with E-state index in [1.807, 2.05) is 7.05 Å². The van der Waals surface area contributed by atoms with Crippen LogP contribution in [0.3, 0.4) is 0 Å². The lowest BCUT2D eigenvalue weighted by molar-refractivity contribution is 1.15. The Morgan fingerprint density at radius 1 is 1.40 bits per heavy atom. The number of hydrogen-bond acceptors (Lipinski definition) is 4. The van der Waals surface area contributed by atoms with E-state index in [1.165, 1.54) is 5.56 Å². The summed E-state index contributed by atoms with van der Waals surface area (Å²) >= 11 is 5.05. The molecule has 0 aromatic carbocycles. The Kier molecular flexibility index (Phi) is 3.02. The Morgan fingerprint density at radius 2 is 2.20 bits per heavy atom. The molecule has 0 saturated heterocycles. The second-order valence-corrected chi connectivity index (χ2v) is 4.71. The van der Waals surface area contributed by atoms with Gasteiger partial charge in [-0.1, -0.05) is 0 Å². The Bertz CT molecular complexity index is 481. The van der Waals surface area contributed by atoms with E-state index < -0.39 is 0 Å². The first-order chi connectivity index (χ1) is 7.22. The van der Waals surface area contributed by atoms with Gasteiger partial charge in [-0.2, -0.15) is 11.3 Å². The van der Waals surface area contributed by atoms with Gasteiger partial charge in [0, 0.05) is 24.2 Å². The highest BCUT2D eigenvalue weighted by molar-refractivity contribution is 9.10. The number of aryl methyl sites for hydroxylation is 1. The molecule has 0 unspecified atom stereocenters. The van der Waals surface area contributed by atoms with Gasteiger partial charge in [0.05, 0.1) is 4.47 Å². The third-order valence-electron chi connectivity index (χ3n) is 2.08. The van der Waals surface area contributed by atoms with Gasteiger partial charge in [0.1, 0.15) is 5.82 Å². The normalized spacial score (nSPS) is 10.3. The molecule has 0 spiro atoms. The monoisotopic (exact) mass is 283 g/mol. The van der Waals surface area contributed by atoms with Crippen LogP contribution in [0.2, 0.25) is 0 Å². The topological polar surface area (TPSA) is 37.8 Å². The van der Waals surface area contributed by atoms with Crippen LogP contribution in [-0.4, -0.2) is 17.0 Å². The van der Waals surface area contributed by atoms with Crippen molar-refractivity contribution in [2.24, 2.45) is 0 Å². The SMILES string of the molecule is CNc1nc(-c2cscc2C)ncc1Br. The van der Waals surface area contributed by atoms with Crippen molar-refractivity contribution in [2.45, 2.75) is 6.92 Å². The maximum absolute atomic E-state index is 4.43. The smallest absolute Gasteiger partial charge is 0.162 e. The van der Waals surface area contributed by atoms with E-state index >= 15 is 0 Å². The molecule has 0 aliphatic rings. The molecular weight excluding hydrogens is 274 g/mol. The summed E-state index contributed by atoms with van der Waals surface area (Å²) in [6.45, 7) is 2.07. The van der Waals surface area contributed by atoms with Crippen molar-refractivity contribution >= 4 is 33.1 Å². The third kappa shape index (κ3) is 2.03. The van der Waals surface area contributed by atoms with Crippen molar-refractivity contribution < 1.29 is 0 Å². The third-order valence-corrected chi connectivity index (χ3v) is 3.52. The number of thiophene rings is 1. The fourth-order valence-corrected chi connectivity index (χ4v) is 2.48. The predicted octanol–water partition coefficient (Wildman–Crippen LogP) is 3.32. The summed E-state index contributed by atoms with van der Waals surface area (Å²) in [6.07, 6.45) is 1.77. The largest absolute Gasteiger partial charge is 0.372 e. The molecule has 0 atom stereocenters. The van der Waals surface area contributed by atoms with Crippen LogP contribution in [-0.2, 0) is 0 Å². The van der Waals surface area contributed by atoms with E-state index in [0.717, 1.165) is 21.7 Å². The van der Waals surface area contributed by atoms with E-state index in [4.69, 9.17) is 0 Å². The standard InChI is InChI=1S/C10H10BrN3S/c1-6-4-15-5-7(6)9-13-3-8(11)10(12-2)14-9/h3-5H,1-2H3,(H,12,13,14). The lowest BCUT2D eigenvalue weighted by Crippen LogP contribution is -1.97. The van der Waals surface area contributed by atoms with E-state index in [9.17, 15) is 0 Å². The molecule has 78 valence electrons. The summed E-state index contributed by atoms with van der Waals surface area (Å²) in [5.41, 5.74) is 2.31. The minimum atomic E-state index is 0.765. The van der Waals surface area contributed by atoms with Crippen LogP contribution in [0.5, 0.6) is 0 Å². The summed E-state index contributed by atoms with van der Waals surface area (Å²) in [6, 6.07) is 0. The highest BCUT2D eigenvalue weighted by Crippen LogP contribution is 2.26. The molecule has 0 fully saturated rings. The quantitative estimate of drug-likeness (QED) is 0.919. The van der Waals surface area contributed by atoms with Gasteiger partial charge in [-0.3, -0.25) is 0 Å². The molecule has 2 aromatic rings. The molecule has 15 heavy (non-hydrogen) atoms. The Labute approximate surface area is 101 Å². The average Bonchev–Trinajstić information content (AvgIpc) is 2.65. The van der Waals surface area contributed by atoms with Crippen molar-refractivity contribution in [1.29, 1.82) is 0 Å². The lowest BCUT2D eigenvalue weighted by atomic mass is 10.2. The van der Waals surface area contributed by atoms with E-state index in [0.29, 0.717) is 0 Å². The molecule has 2 heterocycles. The fraction of sp³-hybridized carbons (Fsp3) is 0.200. The molecule has 0 bridgehead atoms. The van der Waals surface area contributed by atoms with Gasteiger partial charge >= 0.3 is 0 Å². The van der Waals surface area contributed by atoms with Gasteiger partial charge in [0.15, 0.2) is 5.82 Å². The van der Waals surface area contributed by atoms with Crippen LogP contribution in [0.15, 0.2) is 21.4 Å². The van der Waals surface area contributed by atoms with E-state index in [1.54, 1.807) is 17.5 Å². The van der Waals surface area contributed by atoms with Crippen LogP contribution in [0.1, 0.15) is 5.56 Å². The van der Waals surface area contributed by atoms with Gasteiger partial charge < -0.3 is 5.32 Å². The van der Waals surface area contributed by atoms with Gasteiger partial charge in [0.25, 0.3) is 0 Å². The molecule has 2 rings (SSSR count). The zero-order valence-electron chi connectivity index (χ0n) is 8.41. The maximum atomic E-state index is 4.43. The number of aromatic nitrogens is 2. The van der Waals surface area contributed by atoms with Crippen LogP contribution < -0.4 is 5.32 Å². The van der Waals surface area contributed by atoms with Gasteiger partial charge in [-0.25, -0.2) is 9.97 Å². The number of nitrogens with one attached hydrogen (secondary N) is 1. The molecule has 2 aromatic heterocycles. The summed E-state index contributed by atoms with van der Waals surface area (Å²) < 4.78 is 0.877. The summed E-state index contributed by atoms with van der Waals surface area (Å²) in [4.78, 5) is 8.73. The maximum Gasteiger partial charge on any atom is 0.162 e. The van der Waals surface area contributed by atoms with Crippen LogP contribution in [0.4, 0.5) is 5.82 Å². The summed E-state index contributed by atoms with van der Waals surface area (Å²) in [5.74, 6) is 1.58. The van der Waals surface area contributed by atoms with Crippen molar-refractivity contribution in [2.75, 3.05) is 12.4 Å². The van der Waals surface area contributed by atoms with Gasteiger partial charge in [-0.15, -0.1) is 0 Å². The summed E-state index contributed by atoms with van der Waals surface area (Å²) in [7, 11) is 1.84. The molecule has 0 saturated carbocycles. The Balaban J connectivity index is 2.51. The van der Waals surface area contributed by atoms with Crippen molar-refractivity contribution in [1.82, 2.24) is 9.97 Å². The number of rotatable bonds is 2. The molecule has 1 N–H and O–H groups in total. The predicted molar refractivity (Wildman–Crippen MR) is 67.3 cm³/mol. The number of nitrogens with zero attached hydrogens (tertiary/aromatic N) is 2. The summed E-state index contributed by atoms with van der Waals surface area (Å²) in [5, 5.41) is 7.19. The molecule has 0 aliphatic heterocycles. The first-order valence-corrected chi connectivity index (χ1v) is 6.19. The Hall–Kier alpha value is -0.940. The Morgan fingerprint density at radius 3 is 2.80 bits per heavy atom. The van der Waals surface area contributed by atoms with E-state index in [2.05, 4.69) is 48.9 Å². The molecule has 0 aliphatic carbocycles. The number of halogens is 1. The molecule has 3 nitrogen and oxygen atoms in total. The van der Waals surface area contributed by atoms with Crippen molar-refractivity contribution in [3.63, 3.8) is 0 Å². The second-order valence-electron chi connectivity index (χ2n) is 3.11. The van der Waals surface area contributed by atoms with Crippen LogP contribution in [0.25, 0.3) is 11.4 Å². The van der Waals surface area contributed by atoms with Crippen molar-refractivity contribution in [3.05, 3.63) is 27.0 Å². The molecule has 5 heteroatoms. The first-order valence-electron chi connectivity index (χ1n) is 4.46. The lowest BCUT2D eigenvalue weighted by Gasteiger charge is -2.04. The van der Waals surface area contributed by atoms with Gasteiger partial charge in [-0.05, 0) is 33.8 Å². The van der Waals surface area contributed by atoms with Crippen LogP contribution in [0, 0.1) is 6.92 Å². The number of anilines is 1. The van der Waals surface area contributed by atoms with Crippen LogP contribution >= 0.6 is 27.3 Å². The number of hydrogen-bond donors (Lipinski definition) is 1. The molecule has 0 radical (unpaired) electrons. The zero-order chi connectivity index (χ0) is 10.8. The molecular formula is C10H10BrN3S. The van der Waals surface area contributed by atoms with Crippen molar-refractivity contribution in [3.8, 4) is 11.4 Å². The minimum absolute atomic E-state index is 0.765. The van der Waals surface area contributed by atoms with E-state index in [-0.39, 0.29) is 0 Å². The molecule has 0 amide bonds. The highest BCUT2D eigenvalue weighted by atomic mass is 79.9. The highest BCUT2D eigenvalue weighted by Gasteiger charge is 2.08. The first kappa shape index (κ1) is 10.6. The average molecular weight is 284 g/mol. The second kappa shape index (κ2) is 4.28.